The summed E-state index contributed by atoms with van der Waals surface area (Å²) in [5.74, 6) is 1.51. The molecule has 6 nitrogen and oxygen atoms in total. The minimum Gasteiger partial charge on any atom is -0.492 e. The largest absolute Gasteiger partial charge is 0.492 e. The van der Waals surface area contributed by atoms with E-state index in [-0.39, 0.29) is 4.90 Å². The van der Waals surface area contributed by atoms with Gasteiger partial charge < -0.3 is 9.64 Å². The van der Waals surface area contributed by atoms with Crippen molar-refractivity contribution >= 4 is 10.0 Å². The second kappa shape index (κ2) is 6.76. The lowest BCUT2D eigenvalue weighted by Gasteiger charge is -2.36. The van der Waals surface area contributed by atoms with Gasteiger partial charge in [0.15, 0.2) is 0 Å². The summed E-state index contributed by atoms with van der Waals surface area (Å²) >= 11 is 0. The van der Waals surface area contributed by atoms with Gasteiger partial charge in [-0.3, -0.25) is 4.90 Å². The molecular formula is C16H25N3O3S. The smallest absolute Gasteiger partial charge is 0.238 e. The third-order valence-corrected chi connectivity index (χ3v) is 5.91. The molecule has 1 aromatic rings. The molecule has 1 aromatic carbocycles. The number of nitrogens with two attached hydrogens (primary N) is 1. The first kappa shape index (κ1) is 16.7. The van der Waals surface area contributed by atoms with Crippen LogP contribution in [0.15, 0.2) is 29.2 Å². The van der Waals surface area contributed by atoms with Gasteiger partial charge in [-0.2, -0.15) is 0 Å². The molecule has 7 heteroatoms. The van der Waals surface area contributed by atoms with Crippen LogP contribution in [0.4, 0.5) is 0 Å². The van der Waals surface area contributed by atoms with E-state index in [4.69, 9.17) is 9.88 Å². The first-order valence-corrected chi connectivity index (χ1v) is 9.66. The van der Waals surface area contributed by atoms with Crippen molar-refractivity contribution in [2.75, 3.05) is 39.8 Å². The number of rotatable bonds is 5. The molecule has 0 unspecified atom stereocenters. The number of sulfonamides is 1. The summed E-state index contributed by atoms with van der Waals surface area (Å²) in [5.41, 5.74) is 0. The van der Waals surface area contributed by atoms with Crippen LogP contribution in [0.1, 0.15) is 12.8 Å². The minimum absolute atomic E-state index is 0.109. The lowest BCUT2D eigenvalue weighted by atomic mass is 9.92. The molecule has 2 N–H and O–H groups in total. The predicted octanol–water partition coefficient (Wildman–Crippen LogP) is 0.739. The zero-order valence-electron chi connectivity index (χ0n) is 13.5. The maximum Gasteiger partial charge on any atom is 0.238 e. The summed E-state index contributed by atoms with van der Waals surface area (Å²) in [6, 6.07) is 6.92. The highest BCUT2D eigenvalue weighted by atomic mass is 32.2. The van der Waals surface area contributed by atoms with Gasteiger partial charge in [0.05, 0.1) is 4.90 Å². The van der Waals surface area contributed by atoms with E-state index >= 15 is 0 Å². The number of ether oxygens (including phenoxy) is 1. The molecule has 2 saturated heterocycles. The van der Waals surface area contributed by atoms with Gasteiger partial charge in [-0.25, -0.2) is 13.6 Å². The first-order chi connectivity index (χ1) is 10.9. The summed E-state index contributed by atoms with van der Waals surface area (Å²) in [4.78, 5) is 5.04. The molecule has 0 spiro atoms. The van der Waals surface area contributed by atoms with E-state index in [1.165, 1.54) is 31.5 Å². The zero-order valence-corrected chi connectivity index (χ0v) is 14.3. The molecule has 0 aromatic heterocycles. The molecule has 0 saturated carbocycles. The molecule has 0 amide bonds. The van der Waals surface area contributed by atoms with Crippen LogP contribution in [0.2, 0.25) is 0 Å². The maximum absolute atomic E-state index is 11.2. The number of hydrogen-bond acceptors (Lipinski definition) is 5. The first-order valence-electron chi connectivity index (χ1n) is 8.12. The Balaban J connectivity index is 1.50. The Morgan fingerprint density at radius 3 is 2.61 bits per heavy atom. The van der Waals surface area contributed by atoms with Gasteiger partial charge in [-0.1, -0.05) is 0 Å². The summed E-state index contributed by atoms with van der Waals surface area (Å²) in [5, 5.41) is 5.08. The fourth-order valence-electron chi connectivity index (χ4n) is 3.67. The van der Waals surface area contributed by atoms with Crippen LogP contribution in [-0.4, -0.2) is 64.1 Å². The molecule has 2 aliphatic rings. The Morgan fingerprint density at radius 1 is 1.22 bits per heavy atom. The third-order valence-electron chi connectivity index (χ3n) is 4.98. The molecule has 3 rings (SSSR count). The molecule has 128 valence electrons. The molecule has 2 aliphatic heterocycles. The lowest BCUT2D eigenvalue weighted by Crippen LogP contribution is -2.47. The van der Waals surface area contributed by atoms with Crippen molar-refractivity contribution in [2.45, 2.75) is 23.8 Å². The Kier molecular flexibility index (Phi) is 4.91. The van der Waals surface area contributed by atoms with Crippen LogP contribution in [0.3, 0.4) is 0 Å². The second-order valence-electron chi connectivity index (χ2n) is 6.57. The highest BCUT2D eigenvalue weighted by molar-refractivity contribution is 7.89. The fraction of sp³-hybridized carbons (Fsp3) is 0.625. The van der Waals surface area contributed by atoms with Crippen LogP contribution in [-0.2, 0) is 10.0 Å². The molecule has 2 fully saturated rings. The quantitative estimate of drug-likeness (QED) is 0.856. The summed E-state index contributed by atoms with van der Waals surface area (Å²) in [7, 11) is -1.45. The van der Waals surface area contributed by atoms with E-state index in [0.29, 0.717) is 18.4 Å². The molecule has 0 bridgehead atoms. The number of piperidine rings is 1. The van der Waals surface area contributed by atoms with E-state index in [2.05, 4.69) is 16.8 Å². The zero-order chi connectivity index (χ0) is 16.4. The van der Waals surface area contributed by atoms with Gasteiger partial charge in [-0.05, 0) is 63.2 Å². The van der Waals surface area contributed by atoms with E-state index in [1.807, 2.05) is 0 Å². The van der Waals surface area contributed by atoms with E-state index < -0.39 is 10.0 Å². The van der Waals surface area contributed by atoms with Gasteiger partial charge in [-0.15, -0.1) is 0 Å². The van der Waals surface area contributed by atoms with Gasteiger partial charge >= 0.3 is 0 Å². The molecule has 2 heterocycles. The van der Waals surface area contributed by atoms with Gasteiger partial charge in [0.2, 0.25) is 10.0 Å². The van der Waals surface area contributed by atoms with Gasteiger partial charge in [0.1, 0.15) is 12.4 Å². The van der Waals surface area contributed by atoms with Crippen LogP contribution < -0.4 is 9.88 Å². The molecule has 0 aliphatic carbocycles. The van der Waals surface area contributed by atoms with Crippen LogP contribution in [0.5, 0.6) is 5.75 Å². The molecule has 23 heavy (non-hydrogen) atoms. The molecule has 2 atom stereocenters. The van der Waals surface area contributed by atoms with Crippen molar-refractivity contribution in [2.24, 2.45) is 11.1 Å². The van der Waals surface area contributed by atoms with Gasteiger partial charge in [0, 0.05) is 19.1 Å². The Hall–Kier alpha value is -1.15. The standard InChI is InChI=1S/C16H25N3O3S/c1-18-8-6-13-7-9-19(16(13)12-18)10-11-22-14-2-4-15(5-3-14)23(17,20)21/h2-5,13,16H,6-12H2,1H3,(H2,17,20,21)/t13-,16-/m1/s1. The average molecular weight is 339 g/mol. The highest BCUT2D eigenvalue weighted by Crippen LogP contribution is 2.30. The highest BCUT2D eigenvalue weighted by Gasteiger charge is 2.36. The van der Waals surface area contributed by atoms with Crippen molar-refractivity contribution in [3.8, 4) is 5.75 Å². The number of primary sulfonamides is 1. The third kappa shape index (κ3) is 4.03. The number of nitrogens with zero attached hydrogens (tertiary/aromatic N) is 2. The fourth-order valence-corrected chi connectivity index (χ4v) is 4.19. The number of likely N-dealkylation sites (N-methyl/N-ethyl adjacent to an activating group) is 1. The SMILES string of the molecule is CN1CC[C@@H]2CCN(CCOc3ccc(S(N)(=O)=O)cc3)[C@@H]2C1. The van der Waals surface area contributed by atoms with E-state index in [9.17, 15) is 8.42 Å². The topological polar surface area (TPSA) is 75.9 Å². The van der Waals surface area contributed by atoms with Crippen molar-refractivity contribution in [3.63, 3.8) is 0 Å². The van der Waals surface area contributed by atoms with Crippen LogP contribution in [0, 0.1) is 5.92 Å². The number of hydrogen-bond donors (Lipinski definition) is 1. The van der Waals surface area contributed by atoms with Crippen LogP contribution in [0.25, 0.3) is 0 Å². The average Bonchev–Trinajstić information content (AvgIpc) is 2.89. The Morgan fingerprint density at radius 2 is 1.91 bits per heavy atom. The number of fused-ring (bicyclic) bond motifs is 1. The normalized spacial score (nSPS) is 26.2. The van der Waals surface area contributed by atoms with Crippen molar-refractivity contribution < 1.29 is 13.2 Å². The monoisotopic (exact) mass is 339 g/mol. The number of benzene rings is 1. The maximum atomic E-state index is 11.2. The minimum atomic E-state index is -3.64. The Bertz CT molecular complexity index is 632. The summed E-state index contributed by atoms with van der Waals surface area (Å²) in [6.45, 7) is 5.03. The van der Waals surface area contributed by atoms with Crippen molar-refractivity contribution in [1.29, 1.82) is 0 Å². The van der Waals surface area contributed by atoms with Gasteiger partial charge in [0.25, 0.3) is 0 Å². The summed E-state index contributed by atoms with van der Waals surface area (Å²) in [6.07, 6.45) is 2.59. The molecule has 0 radical (unpaired) electrons. The lowest BCUT2D eigenvalue weighted by molar-refractivity contribution is 0.110. The van der Waals surface area contributed by atoms with Crippen molar-refractivity contribution in [1.82, 2.24) is 9.80 Å². The van der Waals surface area contributed by atoms with Crippen LogP contribution >= 0.6 is 0 Å². The van der Waals surface area contributed by atoms with Crippen molar-refractivity contribution in [3.05, 3.63) is 24.3 Å². The Labute approximate surface area is 138 Å². The predicted molar refractivity (Wildman–Crippen MR) is 88.9 cm³/mol. The van der Waals surface area contributed by atoms with E-state index in [1.54, 1.807) is 12.1 Å². The number of likely N-dealkylation sites (tertiary alicyclic amines) is 2. The van der Waals surface area contributed by atoms with E-state index in [0.717, 1.165) is 25.6 Å². The summed E-state index contributed by atoms with van der Waals surface area (Å²) < 4.78 is 28.2. The second-order valence-corrected chi connectivity index (χ2v) is 8.13. The molecular weight excluding hydrogens is 314 g/mol.